The van der Waals surface area contributed by atoms with Crippen LogP contribution >= 0.6 is 0 Å². The summed E-state index contributed by atoms with van der Waals surface area (Å²) < 4.78 is 27.7. The first-order valence-electron chi connectivity index (χ1n) is 8.42. The van der Waals surface area contributed by atoms with Crippen molar-refractivity contribution in [3.05, 3.63) is 60.3 Å². The average Bonchev–Trinajstić information content (AvgIpc) is 3.04. The molecule has 1 heterocycles. The van der Waals surface area contributed by atoms with Crippen LogP contribution in [0.4, 0.5) is 5.69 Å². The van der Waals surface area contributed by atoms with Crippen molar-refractivity contribution < 1.29 is 22.7 Å². The van der Waals surface area contributed by atoms with Gasteiger partial charge in [0.15, 0.2) is 6.10 Å². The number of hydrogen-bond acceptors (Lipinski definition) is 5. The Morgan fingerprint density at radius 3 is 2.50 bits per heavy atom. The molecule has 0 aliphatic rings. The van der Waals surface area contributed by atoms with Gasteiger partial charge in [0.05, 0.1) is 11.3 Å². The molecule has 0 aliphatic carbocycles. The number of sulfonamides is 1. The molecule has 9 heteroatoms. The fraction of sp³-hybridized carbons (Fsp3) is 0.158. The monoisotopic (exact) mass is 401 g/mol. The van der Waals surface area contributed by atoms with E-state index in [-0.39, 0.29) is 11.3 Å². The van der Waals surface area contributed by atoms with Gasteiger partial charge < -0.3 is 15.0 Å². The number of anilines is 1. The lowest BCUT2D eigenvalue weighted by atomic mass is 10.1. The molecule has 0 spiro atoms. The molecule has 0 saturated heterocycles. The highest BCUT2D eigenvalue weighted by atomic mass is 32.2. The second-order valence-electron chi connectivity index (χ2n) is 6.23. The number of ether oxygens (including phenoxy) is 1. The zero-order valence-corrected chi connectivity index (χ0v) is 15.8. The fourth-order valence-corrected chi connectivity index (χ4v) is 3.21. The van der Waals surface area contributed by atoms with Crippen molar-refractivity contribution in [3.63, 3.8) is 0 Å². The number of fused-ring (bicyclic) bond motifs is 1. The van der Waals surface area contributed by atoms with Crippen molar-refractivity contribution >= 4 is 38.5 Å². The van der Waals surface area contributed by atoms with E-state index in [1.165, 1.54) is 31.2 Å². The number of amides is 1. The predicted octanol–water partition coefficient (Wildman–Crippen LogP) is 1.93. The van der Waals surface area contributed by atoms with Crippen molar-refractivity contribution in [2.24, 2.45) is 5.14 Å². The number of nitrogens with one attached hydrogen (secondary N) is 2. The molecule has 2 aromatic carbocycles. The number of carbonyl (C=O) groups excluding carboxylic acids is 2. The summed E-state index contributed by atoms with van der Waals surface area (Å²) in [7, 11) is -3.81. The zero-order valence-electron chi connectivity index (χ0n) is 15.0. The van der Waals surface area contributed by atoms with Crippen LogP contribution in [0, 0.1) is 0 Å². The van der Waals surface area contributed by atoms with E-state index in [0.717, 1.165) is 16.5 Å². The van der Waals surface area contributed by atoms with Crippen molar-refractivity contribution in [2.45, 2.75) is 24.3 Å². The number of nitrogens with two attached hydrogens (primary N) is 1. The molecule has 4 N–H and O–H groups in total. The van der Waals surface area contributed by atoms with Crippen LogP contribution in [0.3, 0.4) is 0 Å². The van der Waals surface area contributed by atoms with Gasteiger partial charge in [-0.15, -0.1) is 0 Å². The van der Waals surface area contributed by atoms with Crippen molar-refractivity contribution in [3.8, 4) is 0 Å². The molecular formula is C19H19N3O5S. The van der Waals surface area contributed by atoms with Crippen molar-refractivity contribution in [1.29, 1.82) is 0 Å². The van der Waals surface area contributed by atoms with Gasteiger partial charge in [-0.1, -0.05) is 18.2 Å². The van der Waals surface area contributed by atoms with Crippen LogP contribution < -0.4 is 10.5 Å². The van der Waals surface area contributed by atoms with Gasteiger partial charge in [-0.05, 0) is 42.8 Å². The van der Waals surface area contributed by atoms with E-state index in [2.05, 4.69) is 10.3 Å². The Morgan fingerprint density at radius 2 is 1.82 bits per heavy atom. The highest BCUT2D eigenvalue weighted by Crippen LogP contribution is 2.19. The minimum Gasteiger partial charge on any atom is -0.452 e. The van der Waals surface area contributed by atoms with E-state index in [4.69, 9.17) is 9.88 Å². The standard InChI is InChI=1S/C19H19N3O5S/c1-12(19(24)22-14-6-8-15(9-7-14)28(20,25)26)27-18(23)10-13-11-21-17-5-3-2-4-16(13)17/h2-9,11-12,21H,10H2,1H3,(H,22,24)(H2,20,25,26)/t12-/m0/s1. The number of esters is 1. The van der Waals surface area contributed by atoms with E-state index >= 15 is 0 Å². The lowest BCUT2D eigenvalue weighted by Gasteiger charge is -2.13. The molecule has 1 atom stereocenters. The highest BCUT2D eigenvalue weighted by Gasteiger charge is 2.19. The quantitative estimate of drug-likeness (QED) is 0.543. The van der Waals surface area contributed by atoms with Crippen LogP contribution in [0.25, 0.3) is 10.9 Å². The molecular weight excluding hydrogens is 382 g/mol. The van der Waals surface area contributed by atoms with Crippen LogP contribution in [-0.2, 0) is 30.8 Å². The minimum atomic E-state index is -3.81. The summed E-state index contributed by atoms with van der Waals surface area (Å²) in [5.74, 6) is -1.06. The first-order chi connectivity index (χ1) is 13.2. The average molecular weight is 401 g/mol. The van der Waals surface area contributed by atoms with Crippen molar-refractivity contribution in [2.75, 3.05) is 5.32 Å². The number of aromatic amines is 1. The Labute approximate surface area is 161 Å². The van der Waals surface area contributed by atoms with E-state index in [1.54, 1.807) is 6.20 Å². The van der Waals surface area contributed by atoms with Crippen LogP contribution in [-0.4, -0.2) is 31.4 Å². The SMILES string of the molecule is C[C@H](OC(=O)Cc1c[nH]c2ccccc12)C(=O)Nc1ccc(S(N)(=O)=O)cc1. The fourth-order valence-electron chi connectivity index (χ4n) is 2.70. The molecule has 0 radical (unpaired) electrons. The number of aromatic nitrogens is 1. The Balaban J connectivity index is 1.58. The first kappa shape index (κ1) is 19.6. The summed E-state index contributed by atoms with van der Waals surface area (Å²) in [6.07, 6.45) is 0.754. The van der Waals surface area contributed by atoms with Gasteiger partial charge in [0, 0.05) is 22.8 Å². The zero-order chi connectivity index (χ0) is 20.3. The summed E-state index contributed by atoms with van der Waals surface area (Å²) in [6, 6.07) is 12.9. The molecule has 146 valence electrons. The maximum absolute atomic E-state index is 12.2. The molecule has 1 aromatic heterocycles. The number of para-hydroxylation sites is 1. The molecule has 1 amide bonds. The molecule has 3 rings (SSSR count). The van der Waals surface area contributed by atoms with E-state index in [0.29, 0.717) is 5.69 Å². The molecule has 0 fully saturated rings. The van der Waals surface area contributed by atoms with E-state index < -0.39 is 28.0 Å². The van der Waals surface area contributed by atoms with E-state index in [9.17, 15) is 18.0 Å². The highest BCUT2D eigenvalue weighted by molar-refractivity contribution is 7.89. The topological polar surface area (TPSA) is 131 Å². The number of primary sulfonamides is 1. The Kier molecular flexibility index (Phi) is 5.48. The summed E-state index contributed by atoms with van der Waals surface area (Å²) in [4.78, 5) is 27.4. The number of hydrogen-bond donors (Lipinski definition) is 3. The summed E-state index contributed by atoms with van der Waals surface area (Å²) in [6.45, 7) is 1.46. The van der Waals surface area contributed by atoms with Crippen LogP contribution in [0.5, 0.6) is 0 Å². The Hall–Kier alpha value is -3.17. The molecule has 8 nitrogen and oxygen atoms in total. The third-order valence-electron chi connectivity index (χ3n) is 4.14. The third kappa shape index (κ3) is 4.56. The third-order valence-corrected chi connectivity index (χ3v) is 5.07. The molecule has 0 unspecified atom stereocenters. The van der Waals surface area contributed by atoms with Gasteiger partial charge in [-0.2, -0.15) is 0 Å². The number of carbonyl (C=O) groups is 2. The largest absolute Gasteiger partial charge is 0.452 e. The van der Waals surface area contributed by atoms with Gasteiger partial charge in [-0.3, -0.25) is 9.59 Å². The van der Waals surface area contributed by atoms with Gasteiger partial charge in [0.25, 0.3) is 5.91 Å². The Morgan fingerprint density at radius 1 is 1.14 bits per heavy atom. The van der Waals surface area contributed by atoms with Gasteiger partial charge in [0.1, 0.15) is 0 Å². The number of benzene rings is 2. The second kappa shape index (κ2) is 7.83. The van der Waals surface area contributed by atoms with Crippen LogP contribution in [0.15, 0.2) is 59.6 Å². The van der Waals surface area contributed by atoms with Crippen LogP contribution in [0.1, 0.15) is 12.5 Å². The van der Waals surface area contributed by atoms with Crippen molar-refractivity contribution in [1.82, 2.24) is 4.98 Å². The van der Waals surface area contributed by atoms with Crippen LogP contribution in [0.2, 0.25) is 0 Å². The molecule has 0 bridgehead atoms. The number of H-pyrrole nitrogens is 1. The molecule has 28 heavy (non-hydrogen) atoms. The molecule has 3 aromatic rings. The predicted molar refractivity (Wildman–Crippen MR) is 104 cm³/mol. The van der Waals surface area contributed by atoms with Gasteiger partial charge in [-0.25, -0.2) is 13.6 Å². The summed E-state index contributed by atoms with van der Waals surface area (Å²) in [5, 5.41) is 8.51. The maximum atomic E-state index is 12.2. The lowest BCUT2D eigenvalue weighted by molar-refractivity contribution is -0.152. The first-order valence-corrected chi connectivity index (χ1v) is 9.97. The lowest BCUT2D eigenvalue weighted by Crippen LogP contribution is -2.30. The maximum Gasteiger partial charge on any atom is 0.311 e. The molecule has 0 saturated carbocycles. The smallest absolute Gasteiger partial charge is 0.311 e. The Bertz CT molecular complexity index is 1120. The molecule has 0 aliphatic heterocycles. The van der Waals surface area contributed by atoms with Gasteiger partial charge in [0.2, 0.25) is 10.0 Å². The number of rotatable bonds is 6. The summed E-state index contributed by atoms with van der Waals surface area (Å²) >= 11 is 0. The summed E-state index contributed by atoms with van der Waals surface area (Å²) in [5.41, 5.74) is 2.06. The minimum absolute atomic E-state index is 0.0324. The van der Waals surface area contributed by atoms with E-state index in [1.807, 2.05) is 24.3 Å². The second-order valence-corrected chi connectivity index (χ2v) is 7.79. The van der Waals surface area contributed by atoms with Gasteiger partial charge >= 0.3 is 5.97 Å². The normalized spacial score (nSPS) is 12.5.